The van der Waals surface area contributed by atoms with Crippen molar-refractivity contribution in [2.45, 2.75) is 13.5 Å². The second-order valence-electron chi connectivity index (χ2n) is 3.99. The van der Waals surface area contributed by atoms with Crippen molar-refractivity contribution < 1.29 is 13.5 Å². The summed E-state index contributed by atoms with van der Waals surface area (Å²) in [5, 5.41) is 3.15. The molecule has 0 aliphatic heterocycles. The second kappa shape index (κ2) is 6.24. The van der Waals surface area contributed by atoms with Crippen molar-refractivity contribution in [3.8, 4) is 11.5 Å². The summed E-state index contributed by atoms with van der Waals surface area (Å²) in [6, 6.07) is 4.81. The SMILES string of the molecule is CCNCc1cncc(Oc2cc(F)ccc2F)c1. The number of benzene rings is 1. The summed E-state index contributed by atoms with van der Waals surface area (Å²) >= 11 is 0. The van der Waals surface area contributed by atoms with Crippen molar-refractivity contribution in [3.63, 3.8) is 0 Å². The molecule has 0 spiro atoms. The van der Waals surface area contributed by atoms with Gasteiger partial charge in [0.2, 0.25) is 0 Å². The highest BCUT2D eigenvalue weighted by molar-refractivity contribution is 5.32. The molecule has 3 nitrogen and oxygen atoms in total. The number of aromatic nitrogens is 1. The third-order valence-corrected chi connectivity index (χ3v) is 2.47. The first-order valence-electron chi connectivity index (χ1n) is 5.96. The van der Waals surface area contributed by atoms with Gasteiger partial charge < -0.3 is 10.1 Å². The fourth-order valence-electron chi connectivity index (χ4n) is 1.57. The van der Waals surface area contributed by atoms with Crippen molar-refractivity contribution in [3.05, 3.63) is 53.9 Å². The zero-order valence-electron chi connectivity index (χ0n) is 10.5. The molecule has 0 aliphatic carbocycles. The van der Waals surface area contributed by atoms with Crippen LogP contribution in [0.25, 0.3) is 0 Å². The molecule has 1 aromatic carbocycles. The predicted octanol–water partition coefficient (Wildman–Crippen LogP) is 3.26. The lowest BCUT2D eigenvalue weighted by molar-refractivity contribution is 0.434. The van der Waals surface area contributed by atoms with Crippen molar-refractivity contribution >= 4 is 0 Å². The van der Waals surface area contributed by atoms with Gasteiger partial charge in [0, 0.05) is 18.8 Å². The molecule has 0 saturated heterocycles. The van der Waals surface area contributed by atoms with Crippen LogP contribution in [0.5, 0.6) is 11.5 Å². The Morgan fingerprint density at radius 1 is 1.21 bits per heavy atom. The minimum absolute atomic E-state index is 0.151. The minimum Gasteiger partial charge on any atom is -0.453 e. The van der Waals surface area contributed by atoms with Crippen molar-refractivity contribution in [1.82, 2.24) is 10.3 Å². The average molecular weight is 264 g/mol. The van der Waals surface area contributed by atoms with E-state index in [0.29, 0.717) is 12.3 Å². The first-order valence-corrected chi connectivity index (χ1v) is 5.96. The lowest BCUT2D eigenvalue weighted by atomic mass is 10.2. The van der Waals surface area contributed by atoms with Gasteiger partial charge in [-0.25, -0.2) is 8.78 Å². The van der Waals surface area contributed by atoms with Crippen molar-refractivity contribution in [2.75, 3.05) is 6.54 Å². The molecule has 1 N–H and O–H groups in total. The van der Waals surface area contributed by atoms with E-state index in [-0.39, 0.29) is 5.75 Å². The van der Waals surface area contributed by atoms with E-state index in [4.69, 9.17) is 4.74 Å². The van der Waals surface area contributed by atoms with Gasteiger partial charge in [-0.3, -0.25) is 4.98 Å². The third-order valence-electron chi connectivity index (χ3n) is 2.47. The van der Waals surface area contributed by atoms with E-state index in [9.17, 15) is 8.78 Å². The van der Waals surface area contributed by atoms with E-state index in [2.05, 4.69) is 10.3 Å². The van der Waals surface area contributed by atoms with Gasteiger partial charge >= 0.3 is 0 Å². The molecule has 0 unspecified atom stereocenters. The summed E-state index contributed by atoms with van der Waals surface area (Å²) in [7, 11) is 0. The second-order valence-corrected chi connectivity index (χ2v) is 3.99. The Kier molecular flexibility index (Phi) is 4.41. The molecule has 0 aliphatic rings. The van der Waals surface area contributed by atoms with Gasteiger partial charge in [-0.15, -0.1) is 0 Å². The van der Waals surface area contributed by atoms with E-state index >= 15 is 0 Å². The summed E-state index contributed by atoms with van der Waals surface area (Å²) in [6.07, 6.45) is 3.15. The smallest absolute Gasteiger partial charge is 0.166 e. The lowest BCUT2D eigenvalue weighted by Gasteiger charge is -2.08. The van der Waals surface area contributed by atoms with Crippen LogP contribution in [-0.2, 0) is 6.54 Å². The third kappa shape index (κ3) is 3.72. The number of hydrogen-bond donors (Lipinski definition) is 1. The van der Waals surface area contributed by atoms with E-state index < -0.39 is 11.6 Å². The van der Waals surface area contributed by atoms with Crippen LogP contribution < -0.4 is 10.1 Å². The Hall–Kier alpha value is -2.01. The molecule has 0 atom stereocenters. The number of halogens is 2. The minimum atomic E-state index is -0.613. The summed E-state index contributed by atoms with van der Waals surface area (Å²) in [5.74, 6) is -0.936. The number of hydrogen-bond acceptors (Lipinski definition) is 3. The molecule has 2 aromatic rings. The Balaban J connectivity index is 2.16. The van der Waals surface area contributed by atoms with Gasteiger partial charge in [-0.05, 0) is 30.3 Å². The number of nitrogens with zero attached hydrogens (tertiary/aromatic N) is 1. The highest BCUT2D eigenvalue weighted by Gasteiger charge is 2.07. The fraction of sp³-hybridized carbons (Fsp3) is 0.214. The molecular formula is C14H14F2N2O. The topological polar surface area (TPSA) is 34.2 Å². The van der Waals surface area contributed by atoms with Gasteiger partial charge in [0.15, 0.2) is 11.6 Å². The quantitative estimate of drug-likeness (QED) is 0.900. The number of nitrogens with one attached hydrogen (secondary N) is 1. The molecule has 5 heteroatoms. The van der Waals surface area contributed by atoms with Gasteiger partial charge in [-0.1, -0.05) is 6.92 Å². The van der Waals surface area contributed by atoms with Crippen LogP contribution in [0, 0.1) is 11.6 Å². The van der Waals surface area contributed by atoms with Crippen LogP contribution in [0.4, 0.5) is 8.78 Å². The Morgan fingerprint density at radius 2 is 2.05 bits per heavy atom. The Bertz CT molecular complexity index is 561. The fourth-order valence-corrected chi connectivity index (χ4v) is 1.57. The molecule has 0 fully saturated rings. The molecule has 0 bridgehead atoms. The van der Waals surface area contributed by atoms with Crippen LogP contribution in [0.1, 0.15) is 12.5 Å². The number of rotatable bonds is 5. The average Bonchev–Trinajstić information content (AvgIpc) is 2.41. The largest absolute Gasteiger partial charge is 0.453 e. The molecule has 2 rings (SSSR count). The predicted molar refractivity (Wildman–Crippen MR) is 68.0 cm³/mol. The molecule has 0 saturated carbocycles. The van der Waals surface area contributed by atoms with E-state index in [1.165, 1.54) is 6.20 Å². The van der Waals surface area contributed by atoms with Crippen molar-refractivity contribution in [1.29, 1.82) is 0 Å². The van der Waals surface area contributed by atoms with Gasteiger partial charge in [-0.2, -0.15) is 0 Å². The molecule has 100 valence electrons. The number of ether oxygens (including phenoxy) is 1. The van der Waals surface area contributed by atoms with Gasteiger partial charge in [0.1, 0.15) is 11.6 Å². The summed E-state index contributed by atoms with van der Waals surface area (Å²) in [5.41, 5.74) is 0.913. The van der Waals surface area contributed by atoms with Crippen LogP contribution in [0.15, 0.2) is 36.7 Å². The summed E-state index contributed by atoms with van der Waals surface area (Å²) < 4.78 is 31.8. The highest BCUT2D eigenvalue weighted by Crippen LogP contribution is 2.25. The molecule has 0 radical (unpaired) electrons. The number of pyridine rings is 1. The first-order chi connectivity index (χ1) is 9.19. The molecule has 1 aromatic heterocycles. The molecular weight excluding hydrogens is 250 g/mol. The monoisotopic (exact) mass is 264 g/mol. The van der Waals surface area contributed by atoms with Crippen LogP contribution in [-0.4, -0.2) is 11.5 Å². The maximum absolute atomic E-state index is 13.4. The maximum atomic E-state index is 13.4. The zero-order valence-corrected chi connectivity index (χ0v) is 10.5. The highest BCUT2D eigenvalue weighted by atomic mass is 19.1. The van der Waals surface area contributed by atoms with E-state index in [0.717, 1.165) is 30.3 Å². The Labute approximate surface area is 110 Å². The van der Waals surface area contributed by atoms with Gasteiger partial charge in [0.25, 0.3) is 0 Å². The van der Waals surface area contributed by atoms with Crippen LogP contribution in [0.3, 0.4) is 0 Å². The molecule has 1 heterocycles. The first kappa shape index (κ1) is 13.4. The maximum Gasteiger partial charge on any atom is 0.166 e. The standard InChI is InChI=1S/C14H14F2N2O/c1-2-17-7-10-5-12(9-18-8-10)19-14-6-11(15)3-4-13(14)16/h3-6,8-9,17H,2,7H2,1H3. The summed E-state index contributed by atoms with van der Waals surface area (Å²) in [4.78, 5) is 4.00. The van der Waals surface area contributed by atoms with Crippen molar-refractivity contribution in [2.24, 2.45) is 0 Å². The van der Waals surface area contributed by atoms with E-state index in [1.807, 2.05) is 6.92 Å². The lowest BCUT2D eigenvalue weighted by Crippen LogP contribution is -2.11. The van der Waals surface area contributed by atoms with Gasteiger partial charge in [0.05, 0.1) is 6.20 Å². The zero-order chi connectivity index (χ0) is 13.7. The molecule has 19 heavy (non-hydrogen) atoms. The normalized spacial score (nSPS) is 10.5. The van der Waals surface area contributed by atoms with Crippen LogP contribution in [0.2, 0.25) is 0 Å². The molecule has 0 amide bonds. The summed E-state index contributed by atoms with van der Waals surface area (Å²) in [6.45, 7) is 3.48. The van der Waals surface area contributed by atoms with E-state index in [1.54, 1.807) is 12.3 Å². The Morgan fingerprint density at radius 3 is 2.84 bits per heavy atom. The van der Waals surface area contributed by atoms with Crippen LogP contribution >= 0.6 is 0 Å².